The van der Waals surface area contributed by atoms with E-state index in [1.807, 2.05) is 64.1 Å². The lowest BCUT2D eigenvalue weighted by Gasteiger charge is -2.42. The van der Waals surface area contributed by atoms with Crippen molar-refractivity contribution in [1.82, 2.24) is 75.1 Å². The summed E-state index contributed by atoms with van der Waals surface area (Å²) in [6.45, 7) is 39.0. The summed E-state index contributed by atoms with van der Waals surface area (Å²) in [5, 5.41) is 8.40. The van der Waals surface area contributed by atoms with Crippen molar-refractivity contribution in [2.75, 3.05) is 172 Å². The fourth-order valence-electron chi connectivity index (χ4n) is 19.1. The van der Waals surface area contributed by atoms with Crippen molar-refractivity contribution in [3.8, 4) is 11.5 Å². The molecule has 3 N–H and O–H groups in total. The molecule has 31 heteroatoms. The maximum Gasteiger partial charge on any atom is 0.262 e. The molecule has 8 amide bonds. The van der Waals surface area contributed by atoms with E-state index in [1.165, 1.54) is 69.3 Å². The van der Waals surface area contributed by atoms with E-state index in [4.69, 9.17) is 31.1 Å². The Bertz CT molecular complexity index is 4940. The molecule has 0 radical (unpaired) electrons. The van der Waals surface area contributed by atoms with Crippen molar-refractivity contribution in [2.24, 2.45) is 21.8 Å². The molecule has 2 aromatic heterocycles. The Kier molecular flexibility index (Phi) is 26.4. The van der Waals surface area contributed by atoms with Crippen LogP contribution >= 0.6 is 11.6 Å². The fourth-order valence-corrected chi connectivity index (χ4v) is 19.2. The summed E-state index contributed by atoms with van der Waals surface area (Å²) >= 11 is 5.92. The van der Waals surface area contributed by atoms with Crippen molar-refractivity contribution < 1.29 is 47.8 Å². The van der Waals surface area contributed by atoms with Crippen LogP contribution in [0.5, 0.6) is 11.5 Å². The molecule has 0 bridgehead atoms. The van der Waals surface area contributed by atoms with Gasteiger partial charge in [0.05, 0.1) is 70.4 Å². The lowest BCUT2D eigenvalue weighted by Crippen LogP contribution is -2.54. The number of fused-ring (bicyclic) bond motifs is 4. The predicted octanol–water partition coefficient (Wildman–Crippen LogP) is 6.54. The van der Waals surface area contributed by atoms with Crippen LogP contribution < -0.4 is 40.1 Å². The number of nitrogens with one attached hydrogen (secondary N) is 3. The van der Waals surface area contributed by atoms with Gasteiger partial charge in [-0.15, -0.1) is 0 Å². The van der Waals surface area contributed by atoms with Crippen LogP contribution in [-0.4, -0.2) is 311 Å². The molecule has 14 heterocycles. The Morgan fingerprint density at radius 1 is 0.438 bits per heavy atom. The summed E-state index contributed by atoms with van der Waals surface area (Å²) in [5.74, 6) is 0.331. The first kappa shape index (κ1) is 84.6. The van der Waals surface area contributed by atoms with Crippen LogP contribution in [0.15, 0.2) is 108 Å². The minimum Gasteiger partial charge on any atom is -0.491 e. The number of imide groups is 4. The van der Waals surface area contributed by atoms with Gasteiger partial charge in [-0.05, 0) is 190 Å². The standard InChI is InChI=1S/C45H56N10O5.C30H43N7O4.C15H14ClN3O/c1-29(2)60-34-6-4-32-25-46-42(36(32)23-34)38-24-40(48-28-47-38)54-21-20-52(30(3)26-54)17-14-50-12-10-31(11-13-50)27-51-15-18-53(19-16-51)33-5-7-35-37(22-33)45(59)55(44(35)58)39-8-9-41(56)49-43(39)57;1-21-19-31-8-11-35(21)15-12-33-9-6-22(7-10-33)20-34-13-16-36(17-14-34)23-2-3-24-25(18-23)30(41)37(29(24)40)26-4-5-27(38)32-28(26)39;1-9(2)20-11-4-3-10-7-17-15(12(10)5-11)13-6-14(16)19-8-18-13/h4-7,22-24,28-31,39H,8-21,25-27H2,1-3H3,(H,49,56,57);2-3,18,21-22,26,31H,4-17,19-20H2,1H3,(H,32,38,39);3-6,8-9H,7H2,1-2H3/t30-,39?;21-,26?;/m00./s1. The molecule has 8 saturated heterocycles. The van der Waals surface area contributed by atoms with Gasteiger partial charge in [0.15, 0.2) is 0 Å². The summed E-state index contributed by atoms with van der Waals surface area (Å²) in [7, 11) is 0. The number of carbonyl (C=O) groups is 8. The van der Waals surface area contributed by atoms with Gasteiger partial charge in [-0.25, -0.2) is 19.9 Å². The number of nitrogens with zero attached hydrogens (tertiary/aromatic N) is 17. The molecule has 18 rings (SSSR count). The second-order valence-corrected chi connectivity index (χ2v) is 35.1. The number of amides is 8. The van der Waals surface area contributed by atoms with E-state index in [-0.39, 0.29) is 49.7 Å². The van der Waals surface area contributed by atoms with Gasteiger partial charge in [0.25, 0.3) is 23.6 Å². The van der Waals surface area contributed by atoms with Gasteiger partial charge in [0, 0.05) is 190 Å². The number of likely N-dealkylation sites (tertiary alicyclic amines) is 2. The summed E-state index contributed by atoms with van der Waals surface area (Å²) in [4.78, 5) is 152. The minimum absolute atomic E-state index is 0.107. The number of aliphatic imine (C=N–C) groups is 2. The largest absolute Gasteiger partial charge is 0.491 e. The minimum atomic E-state index is -0.955. The second-order valence-electron chi connectivity index (χ2n) is 34.7. The number of carbonyl (C=O) groups excluding carboxylic acids is 8. The van der Waals surface area contributed by atoms with Crippen LogP contribution in [0.3, 0.4) is 0 Å². The zero-order valence-corrected chi connectivity index (χ0v) is 71.2. The monoisotopic (exact) mass is 1670 g/mol. The number of aromatic nitrogens is 4. The van der Waals surface area contributed by atoms with E-state index in [1.54, 1.807) is 36.7 Å². The number of hydrogen-bond acceptors (Lipinski definition) is 26. The highest BCUT2D eigenvalue weighted by Crippen LogP contribution is 2.36. The number of benzene rings is 4. The molecular weight excluding hydrogens is 1560 g/mol. The molecule has 12 aliphatic rings. The van der Waals surface area contributed by atoms with E-state index < -0.39 is 47.5 Å². The highest BCUT2D eigenvalue weighted by Gasteiger charge is 2.47. The van der Waals surface area contributed by atoms with Crippen molar-refractivity contribution in [3.05, 3.63) is 159 Å². The molecule has 4 atom stereocenters. The van der Waals surface area contributed by atoms with Gasteiger partial charge in [-0.2, -0.15) is 0 Å². The Hall–Kier alpha value is -10.1. The maximum absolute atomic E-state index is 13.4. The predicted molar refractivity (Wildman–Crippen MR) is 461 cm³/mol. The van der Waals surface area contributed by atoms with Gasteiger partial charge in [-0.1, -0.05) is 23.7 Å². The number of ether oxygens (including phenoxy) is 2. The third-order valence-corrected chi connectivity index (χ3v) is 26.1. The number of piperazine rings is 4. The topological polar surface area (TPSA) is 303 Å². The fraction of sp³-hybridized carbons (Fsp3) is 0.533. The van der Waals surface area contributed by atoms with Gasteiger partial charge >= 0.3 is 0 Å². The quantitative estimate of drug-likeness (QED) is 0.0508. The van der Waals surface area contributed by atoms with Gasteiger partial charge in [-0.3, -0.25) is 88.4 Å². The highest BCUT2D eigenvalue weighted by molar-refractivity contribution is 6.30. The molecule has 0 spiro atoms. The summed E-state index contributed by atoms with van der Waals surface area (Å²) < 4.78 is 11.7. The van der Waals surface area contributed by atoms with Crippen LogP contribution in [0, 0.1) is 11.8 Å². The highest BCUT2D eigenvalue weighted by atomic mass is 35.5. The summed E-state index contributed by atoms with van der Waals surface area (Å²) in [5.41, 5.74) is 11.0. The average molecular weight is 1670 g/mol. The lowest BCUT2D eigenvalue weighted by atomic mass is 9.96. The zero-order valence-electron chi connectivity index (χ0n) is 70.5. The van der Waals surface area contributed by atoms with E-state index >= 15 is 0 Å². The third-order valence-electron chi connectivity index (χ3n) is 25.9. The molecule has 6 aromatic rings. The SMILES string of the molecule is CC(C)Oc1ccc2c(c1)C(c1cc(Cl)ncn1)=NC2.CC(C)Oc1ccc2c(c1)C(c1cc(N3CCN(CCN4CCC(CN5CCN(c6ccc7c(c6)C(=O)N(C6CCC(=O)NC6=O)C7=O)CC5)CC4)[C@@H](C)C3)ncn1)=NC2.C[C@H]1CNCCN1CCN1CCC(CN2CCN(c3ccc4c(c3)C(=O)N(C3CCC(=O)NC3=O)C4=O)CC2)CC1. The van der Waals surface area contributed by atoms with E-state index in [0.717, 1.165) is 209 Å². The van der Waals surface area contributed by atoms with Crippen LogP contribution in [-0.2, 0) is 32.3 Å². The molecule has 4 aromatic carbocycles. The van der Waals surface area contributed by atoms with Crippen LogP contribution in [0.25, 0.3) is 0 Å². The third kappa shape index (κ3) is 19.6. The van der Waals surface area contributed by atoms with Crippen molar-refractivity contribution >= 4 is 87.5 Å². The Morgan fingerprint density at radius 2 is 0.893 bits per heavy atom. The van der Waals surface area contributed by atoms with Crippen molar-refractivity contribution in [1.29, 1.82) is 0 Å². The summed E-state index contributed by atoms with van der Waals surface area (Å²) in [6, 6.07) is 26.1. The van der Waals surface area contributed by atoms with Gasteiger partial charge in [0.2, 0.25) is 23.6 Å². The first-order valence-corrected chi connectivity index (χ1v) is 44.0. The second kappa shape index (κ2) is 37.7. The molecule has 0 aliphatic carbocycles. The Balaban J connectivity index is 0.000000153. The maximum atomic E-state index is 13.4. The molecule has 30 nitrogen and oxygen atoms in total. The number of piperidine rings is 4. The van der Waals surface area contributed by atoms with E-state index in [9.17, 15) is 38.4 Å². The van der Waals surface area contributed by atoms with Crippen LogP contribution in [0.1, 0.15) is 168 Å². The smallest absolute Gasteiger partial charge is 0.262 e. The molecule has 640 valence electrons. The molecule has 12 aliphatic heterocycles. The molecule has 2 unspecified atom stereocenters. The zero-order chi connectivity index (χ0) is 84.1. The van der Waals surface area contributed by atoms with Crippen LogP contribution in [0.4, 0.5) is 17.2 Å². The van der Waals surface area contributed by atoms with E-state index in [0.29, 0.717) is 58.5 Å². The normalized spacial score (nSPS) is 23.1. The molecule has 0 saturated carbocycles. The number of hydrogen-bond donors (Lipinski definition) is 3. The number of rotatable bonds is 21. The molecule has 8 fully saturated rings. The first-order valence-electron chi connectivity index (χ1n) is 43.6. The Labute approximate surface area is 712 Å². The van der Waals surface area contributed by atoms with Gasteiger partial charge < -0.3 is 39.3 Å². The number of halogens is 1. The first-order chi connectivity index (χ1) is 58.6. The lowest BCUT2D eigenvalue weighted by molar-refractivity contribution is -0.137. The molecule has 121 heavy (non-hydrogen) atoms. The van der Waals surface area contributed by atoms with Crippen LogP contribution in [0.2, 0.25) is 5.15 Å². The summed E-state index contributed by atoms with van der Waals surface area (Å²) in [6.07, 6.45) is 8.88. The Morgan fingerprint density at radius 3 is 1.35 bits per heavy atom. The number of anilines is 3. The molecular formula is C90H113ClN20O10. The average Bonchev–Trinajstić information content (AvgIpc) is 1.61. The van der Waals surface area contributed by atoms with Gasteiger partial charge in [0.1, 0.15) is 47.2 Å². The van der Waals surface area contributed by atoms with E-state index in [2.05, 4.69) is 112 Å². The van der Waals surface area contributed by atoms with Crippen molar-refractivity contribution in [3.63, 3.8) is 0 Å². The van der Waals surface area contributed by atoms with Crippen molar-refractivity contribution in [2.45, 2.75) is 142 Å².